The molecule has 1 atom stereocenters. The molecule has 0 bridgehead atoms. The van der Waals surface area contributed by atoms with Gasteiger partial charge in [0.15, 0.2) is 0 Å². The van der Waals surface area contributed by atoms with Gasteiger partial charge in [0.05, 0.1) is 12.7 Å². The summed E-state index contributed by atoms with van der Waals surface area (Å²) in [5.74, 6) is -0.662. The first-order valence-electron chi connectivity index (χ1n) is 6.76. The molecule has 1 aliphatic rings. The number of hydrogen-bond donors (Lipinski definition) is 0. The first kappa shape index (κ1) is 14.3. The maximum atomic E-state index is 11.4. The van der Waals surface area contributed by atoms with Gasteiger partial charge in [-0.2, -0.15) is 0 Å². The van der Waals surface area contributed by atoms with Crippen molar-refractivity contribution in [1.82, 2.24) is 0 Å². The highest BCUT2D eigenvalue weighted by Gasteiger charge is 2.26. The van der Waals surface area contributed by atoms with Crippen molar-refractivity contribution in [2.75, 3.05) is 7.11 Å². The van der Waals surface area contributed by atoms with Crippen LogP contribution in [0.25, 0.3) is 5.57 Å². The van der Waals surface area contributed by atoms with E-state index in [4.69, 9.17) is 4.74 Å². The molecule has 0 aromatic heterocycles. The van der Waals surface area contributed by atoms with Gasteiger partial charge in [-0.05, 0) is 30.5 Å². The minimum Gasteiger partial charge on any atom is -0.465 e. The zero-order chi connectivity index (χ0) is 14.5. The lowest BCUT2D eigenvalue weighted by Gasteiger charge is -2.14. The number of unbranched alkanes of at least 4 members (excludes halogenated alkanes) is 1. The van der Waals surface area contributed by atoms with Crippen LogP contribution >= 0.6 is 0 Å². The third-order valence-corrected chi connectivity index (χ3v) is 3.34. The van der Waals surface area contributed by atoms with Gasteiger partial charge in [-0.15, -0.1) is 0 Å². The van der Waals surface area contributed by atoms with E-state index in [1.807, 2.05) is 12.1 Å². The van der Waals surface area contributed by atoms with Crippen LogP contribution in [-0.4, -0.2) is 25.2 Å². The van der Waals surface area contributed by atoms with Crippen molar-refractivity contribution in [2.45, 2.75) is 32.3 Å². The van der Waals surface area contributed by atoms with Crippen LogP contribution in [0.2, 0.25) is 0 Å². The van der Waals surface area contributed by atoms with Crippen LogP contribution in [0, 0.1) is 0 Å². The summed E-state index contributed by atoms with van der Waals surface area (Å²) in [4.78, 5) is 22.8. The van der Waals surface area contributed by atoms with Crippen molar-refractivity contribution in [3.8, 4) is 0 Å². The van der Waals surface area contributed by atoms with E-state index in [1.54, 1.807) is 12.1 Å². The Morgan fingerprint density at radius 2 is 2.00 bits per heavy atom. The molecule has 4 heteroatoms. The molecular weight excluding hydrogens is 256 g/mol. The van der Waals surface area contributed by atoms with Crippen LogP contribution < -0.4 is 0 Å². The topological polar surface area (TPSA) is 52.6 Å². The molecule has 1 aromatic rings. The number of carbonyl (C=O) groups is 2. The molecule has 0 saturated carbocycles. The fourth-order valence-electron chi connectivity index (χ4n) is 2.25. The first-order chi connectivity index (χ1) is 9.65. The smallest absolute Gasteiger partial charge is 0.337 e. The molecular formula is C16H18O4. The molecule has 1 aromatic carbocycles. The first-order valence-corrected chi connectivity index (χ1v) is 6.76. The van der Waals surface area contributed by atoms with E-state index in [9.17, 15) is 9.59 Å². The van der Waals surface area contributed by atoms with Crippen LogP contribution in [0.5, 0.6) is 0 Å². The number of hydrogen-bond acceptors (Lipinski definition) is 4. The van der Waals surface area contributed by atoms with E-state index in [0.29, 0.717) is 5.56 Å². The molecule has 20 heavy (non-hydrogen) atoms. The van der Waals surface area contributed by atoms with Gasteiger partial charge in [0, 0.05) is 11.6 Å². The normalized spacial score (nSPS) is 17.6. The summed E-state index contributed by atoms with van der Waals surface area (Å²) in [7, 11) is 1.35. The minimum atomic E-state index is -0.369. The van der Waals surface area contributed by atoms with Crippen molar-refractivity contribution in [2.24, 2.45) is 0 Å². The molecule has 2 rings (SSSR count). The maximum Gasteiger partial charge on any atom is 0.337 e. The average molecular weight is 274 g/mol. The van der Waals surface area contributed by atoms with Gasteiger partial charge in [-0.3, -0.25) is 0 Å². The third kappa shape index (κ3) is 3.07. The standard InChI is InChI=1S/C16H18O4/c1-3-4-5-14-13(10-15(17)20-14)11-6-8-12(9-7-11)16(18)19-2/h6-10,14H,3-5H2,1-2H3. The second-order valence-electron chi connectivity index (χ2n) is 4.74. The molecule has 0 saturated heterocycles. The highest BCUT2D eigenvalue weighted by Crippen LogP contribution is 2.29. The Labute approximate surface area is 118 Å². The number of carbonyl (C=O) groups excluding carboxylic acids is 2. The zero-order valence-electron chi connectivity index (χ0n) is 11.7. The Bertz CT molecular complexity index is 528. The van der Waals surface area contributed by atoms with Crippen LogP contribution in [-0.2, 0) is 14.3 Å². The van der Waals surface area contributed by atoms with Gasteiger partial charge in [0.1, 0.15) is 6.10 Å². The Morgan fingerprint density at radius 1 is 1.30 bits per heavy atom. The summed E-state index contributed by atoms with van der Waals surface area (Å²) in [5.41, 5.74) is 2.29. The van der Waals surface area contributed by atoms with Crippen LogP contribution in [0.3, 0.4) is 0 Å². The number of rotatable bonds is 5. The van der Waals surface area contributed by atoms with E-state index >= 15 is 0 Å². The SMILES string of the molecule is CCCCC1OC(=O)C=C1c1ccc(C(=O)OC)cc1. The molecule has 106 valence electrons. The number of ether oxygens (including phenoxy) is 2. The van der Waals surface area contributed by atoms with E-state index in [-0.39, 0.29) is 18.0 Å². The monoisotopic (exact) mass is 274 g/mol. The summed E-state index contributed by atoms with van der Waals surface area (Å²) < 4.78 is 9.97. The number of benzene rings is 1. The second kappa shape index (κ2) is 6.37. The van der Waals surface area contributed by atoms with Crippen molar-refractivity contribution >= 4 is 17.5 Å². The fourth-order valence-corrected chi connectivity index (χ4v) is 2.25. The molecule has 1 aliphatic heterocycles. The van der Waals surface area contributed by atoms with Gasteiger partial charge in [0.25, 0.3) is 0 Å². The second-order valence-corrected chi connectivity index (χ2v) is 4.74. The lowest BCUT2D eigenvalue weighted by atomic mass is 9.97. The molecule has 1 heterocycles. The van der Waals surface area contributed by atoms with Gasteiger partial charge in [-0.1, -0.05) is 25.5 Å². The fraction of sp³-hybridized carbons (Fsp3) is 0.375. The Hall–Kier alpha value is -2.10. The lowest BCUT2D eigenvalue weighted by molar-refractivity contribution is -0.138. The predicted octanol–water partition coefficient (Wildman–Crippen LogP) is 2.97. The summed E-state index contributed by atoms with van der Waals surface area (Å²) >= 11 is 0. The molecule has 0 spiro atoms. The zero-order valence-corrected chi connectivity index (χ0v) is 11.7. The summed E-state index contributed by atoms with van der Waals surface area (Å²) in [6.45, 7) is 2.10. The predicted molar refractivity (Wildman–Crippen MR) is 75.2 cm³/mol. The van der Waals surface area contributed by atoms with E-state index in [2.05, 4.69) is 11.7 Å². The van der Waals surface area contributed by atoms with Crippen LogP contribution in [0.4, 0.5) is 0 Å². The van der Waals surface area contributed by atoms with Crippen molar-refractivity contribution in [1.29, 1.82) is 0 Å². The van der Waals surface area contributed by atoms with E-state index in [1.165, 1.54) is 13.2 Å². The highest BCUT2D eigenvalue weighted by molar-refractivity contribution is 5.97. The summed E-state index contributed by atoms with van der Waals surface area (Å²) in [6, 6.07) is 7.03. The minimum absolute atomic E-state index is 0.175. The molecule has 0 amide bonds. The van der Waals surface area contributed by atoms with Gasteiger partial charge in [0.2, 0.25) is 0 Å². The third-order valence-electron chi connectivity index (χ3n) is 3.34. The van der Waals surface area contributed by atoms with Gasteiger partial charge >= 0.3 is 11.9 Å². The van der Waals surface area contributed by atoms with Crippen LogP contribution in [0.15, 0.2) is 30.3 Å². The Balaban J connectivity index is 2.19. The van der Waals surface area contributed by atoms with Gasteiger partial charge in [-0.25, -0.2) is 9.59 Å². The molecule has 0 radical (unpaired) electrons. The maximum absolute atomic E-state index is 11.4. The molecule has 0 fully saturated rings. The van der Waals surface area contributed by atoms with E-state index in [0.717, 1.165) is 30.4 Å². The molecule has 4 nitrogen and oxygen atoms in total. The Kier molecular flexibility index (Phi) is 4.56. The number of methoxy groups -OCH3 is 1. The van der Waals surface area contributed by atoms with Crippen molar-refractivity contribution in [3.63, 3.8) is 0 Å². The number of cyclic esters (lactones) is 1. The largest absolute Gasteiger partial charge is 0.465 e. The van der Waals surface area contributed by atoms with Gasteiger partial charge < -0.3 is 9.47 Å². The summed E-state index contributed by atoms with van der Waals surface area (Å²) in [5, 5.41) is 0. The molecule has 0 N–H and O–H groups in total. The van der Waals surface area contributed by atoms with Crippen molar-refractivity contribution in [3.05, 3.63) is 41.5 Å². The van der Waals surface area contributed by atoms with Crippen LogP contribution in [0.1, 0.15) is 42.1 Å². The molecule has 1 unspecified atom stereocenters. The Morgan fingerprint density at radius 3 is 2.60 bits per heavy atom. The average Bonchev–Trinajstić information content (AvgIpc) is 2.85. The lowest BCUT2D eigenvalue weighted by Crippen LogP contribution is -2.11. The number of esters is 2. The summed E-state index contributed by atoms with van der Waals surface area (Å²) in [6.07, 6.45) is 4.25. The quantitative estimate of drug-likeness (QED) is 0.775. The molecule has 0 aliphatic carbocycles. The van der Waals surface area contributed by atoms with Crippen molar-refractivity contribution < 1.29 is 19.1 Å². The highest BCUT2D eigenvalue weighted by atomic mass is 16.5. The van der Waals surface area contributed by atoms with E-state index < -0.39 is 0 Å².